The molecule has 4 heteroatoms. The number of nitrogens with one attached hydrogen (secondary N) is 1. The van der Waals surface area contributed by atoms with Crippen LogP contribution in [0.4, 0.5) is 0 Å². The molecule has 0 bridgehead atoms. The first-order valence-corrected chi connectivity index (χ1v) is 11.2. The summed E-state index contributed by atoms with van der Waals surface area (Å²) in [7, 11) is 0. The van der Waals surface area contributed by atoms with Gasteiger partial charge in [-0.05, 0) is 48.2 Å². The van der Waals surface area contributed by atoms with Gasteiger partial charge in [0.1, 0.15) is 0 Å². The molecule has 4 aromatic rings. The summed E-state index contributed by atoms with van der Waals surface area (Å²) >= 11 is 6.31. The van der Waals surface area contributed by atoms with Gasteiger partial charge in [-0.3, -0.25) is 4.79 Å². The van der Waals surface area contributed by atoms with E-state index >= 15 is 0 Å². The van der Waals surface area contributed by atoms with Crippen LogP contribution in [0.25, 0.3) is 10.9 Å². The van der Waals surface area contributed by atoms with Gasteiger partial charge in [0, 0.05) is 47.6 Å². The second kappa shape index (κ2) is 9.84. The van der Waals surface area contributed by atoms with E-state index in [0.717, 1.165) is 24.1 Å². The van der Waals surface area contributed by atoms with E-state index in [1.54, 1.807) is 0 Å². The molecular formula is C27H27ClN2O. The number of para-hydroxylation sites is 1. The number of hydrogen-bond acceptors (Lipinski definition) is 1. The van der Waals surface area contributed by atoms with Crippen LogP contribution >= 0.6 is 11.6 Å². The molecule has 0 saturated heterocycles. The minimum absolute atomic E-state index is 0.0502. The highest BCUT2D eigenvalue weighted by Gasteiger charge is 2.22. The first-order valence-electron chi connectivity index (χ1n) is 10.8. The van der Waals surface area contributed by atoms with E-state index in [-0.39, 0.29) is 11.8 Å². The molecule has 1 amide bonds. The van der Waals surface area contributed by atoms with Gasteiger partial charge in [0.05, 0.1) is 0 Å². The summed E-state index contributed by atoms with van der Waals surface area (Å²) in [5, 5.41) is 4.98. The van der Waals surface area contributed by atoms with E-state index in [0.29, 0.717) is 18.0 Å². The Labute approximate surface area is 188 Å². The molecule has 1 heterocycles. The number of rotatable bonds is 8. The fraction of sp³-hybridized carbons (Fsp3) is 0.222. The molecule has 0 aliphatic rings. The molecule has 0 aliphatic carbocycles. The number of halogens is 1. The lowest BCUT2D eigenvalue weighted by Gasteiger charge is -2.18. The molecule has 31 heavy (non-hydrogen) atoms. The molecular weight excluding hydrogens is 404 g/mol. The van der Waals surface area contributed by atoms with Crippen molar-refractivity contribution in [2.75, 3.05) is 6.54 Å². The second-order valence-corrected chi connectivity index (χ2v) is 8.22. The average molecular weight is 431 g/mol. The van der Waals surface area contributed by atoms with Crippen LogP contribution in [0.15, 0.2) is 85.1 Å². The SMILES string of the molecule is CCn1cc([C@H](CC(=O)NCCc2ccccc2)c2cccc(Cl)c2)c2ccccc21. The average Bonchev–Trinajstić information content (AvgIpc) is 3.17. The molecule has 3 nitrogen and oxygen atoms in total. The van der Waals surface area contributed by atoms with Crippen molar-refractivity contribution in [3.63, 3.8) is 0 Å². The minimum atomic E-state index is -0.0619. The van der Waals surface area contributed by atoms with Crippen LogP contribution in [0.1, 0.15) is 36.0 Å². The van der Waals surface area contributed by atoms with Gasteiger partial charge in [0.15, 0.2) is 0 Å². The van der Waals surface area contributed by atoms with Gasteiger partial charge in [-0.25, -0.2) is 0 Å². The second-order valence-electron chi connectivity index (χ2n) is 7.78. The van der Waals surface area contributed by atoms with Crippen LogP contribution in [0.2, 0.25) is 5.02 Å². The lowest BCUT2D eigenvalue weighted by molar-refractivity contribution is -0.121. The summed E-state index contributed by atoms with van der Waals surface area (Å²) in [5.74, 6) is -0.0117. The van der Waals surface area contributed by atoms with Crippen LogP contribution in [0, 0.1) is 0 Å². The van der Waals surface area contributed by atoms with Crippen LogP contribution < -0.4 is 5.32 Å². The fourth-order valence-corrected chi connectivity index (χ4v) is 4.39. The van der Waals surface area contributed by atoms with E-state index in [2.05, 4.69) is 65.5 Å². The monoisotopic (exact) mass is 430 g/mol. The molecule has 1 N–H and O–H groups in total. The molecule has 0 spiro atoms. The summed E-state index contributed by atoms with van der Waals surface area (Å²) in [6.45, 7) is 3.65. The van der Waals surface area contributed by atoms with E-state index in [4.69, 9.17) is 11.6 Å². The highest BCUT2D eigenvalue weighted by Crippen LogP contribution is 2.35. The maximum Gasteiger partial charge on any atom is 0.220 e. The summed E-state index contributed by atoms with van der Waals surface area (Å²) in [4.78, 5) is 12.9. The maximum atomic E-state index is 12.9. The van der Waals surface area contributed by atoms with Gasteiger partial charge in [-0.15, -0.1) is 0 Å². The Balaban J connectivity index is 1.59. The smallest absolute Gasteiger partial charge is 0.220 e. The largest absolute Gasteiger partial charge is 0.356 e. The predicted octanol–water partition coefficient (Wildman–Crippen LogP) is 6.20. The van der Waals surface area contributed by atoms with Crippen molar-refractivity contribution in [1.29, 1.82) is 0 Å². The number of aromatic nitrogens is 1. The molecule has 4 rings (SSSR count). The van der Waals surface area contributed by atoms with Gasteiger partial charge < -0.3 is 9.88 Å². The van der Waals surface area contributed by atoms with Crippen LogP contribution in [0.5, 0.6) is 0 Å². The summed E-state index contributed by atoms with van der Waals surface area (Å²) in [6, 6.07) is 26.5. The third-order valence-corrected chi connectivity index (χ3v) is 5.99. The Morgan fingerprint density at radius 2 is 1.77 bits per heavy atom. The molecule has 3 aromatic carbocycles. The van der Waals surface area contributed by atoms with Gasteiger partial charge in [-0.2, -0.15) is 0 Å². The Morgan fingerprint density at radius 1 is 1.00 bits per heavy atom. The van der Waals surface area contributed by atoms with E-state index in [1.165, 1.54) is 16.5 Å². The van der Waals surface area contributed by atoms with E-state index in [1.807, 2.05) is 36.4 Å². The molecule has 1 atom stereocenters. The Kier molecular flexibility index (Phi) is 6.73. The Bertz CT molecular complexity index is 1170. The molecule has 0 unspecified atom stereocenters. The molecule has 0 aliphatic heterocycles. The number of hydrogen-bond donors (Lipinski definition) is 1. The zero-order valence-electron chi connectivity index (χ0n) is 17.7. The van der Waals surface area contributed by atoms with E-state index < -0.39 is 0 Å². The highest BCUT2D eigenvalue weighted by atomic mass is 35.5. The lowest BCUT2D eigenvalue weighted by Crippen LogP contribution is -2.27. The quantitative estimate of drug-likeness (QED) is 0.355. The number of fused-ring (bicyclic) bond motifs is 1. The topological polar surface area (TPSA) is 34.0 Å². The molecule has 0 saturated carbocycles. The Morgan fingerprint density at radius 3 is 2.55 bits per heavy atom. The Hall–Kier alpha value is -3.04. The predicted molar refractivity (Wildman–Crippen MR) is 129 cm³/mol. The third kappa shape index (κ3) is 5.00. The molecule has 158 valence electrons. The van der Waals surface area contributed by atoms with Crippen LogP contribution in [-0.2, 0) is 17.8 Å². The van der Waals surface area contributed by atoms with Crippen molar-refractivity contribution in [3.05, 3.63) is 107 Å². The van der Waals surface area contributed by atoms with Gasteiger partial charge in [0.25, 0.3) is 0 Å². The maximum absolute atomic E-state index is 12.9. The molecule has 0 radical (unpaired) electrons. The summed E-state index contributed by atoms with van der Waals surface area (Å²) in [6.07, 6.45) is 3.39. The number of amides is 1. The van der Waals surface area contributed by atoms with Gasteiger partial charge in [0.2, 0.25) is 5.91 Å². The van der Waals surface area contributed by atoms with Gasteiger partial charge in [-0.1, -0.05) is 72.3 Å². The summed E-state index contributed by atoms with van der Waals surface area (Å²) < 4.78 is 2.25. The highest BCUT2D eigenvalue weighted by molar-refractivity contribution is 6.30. The lowest BCUT2D eigenvalue weighted by atomic mass is 9.88. The van der Waals surface area contributed by atoms with Crippen molar-refractivity contribution in [1.82, 2.24) is 9.88 Å². The zero-order chi connectivity index (χ0) is 21.6. The number of benzene rings is 3. The van der Waals surface area contributed by atoms with E-state index in [9.17, 15) is 4.79 Å². The fourth-order valence-electron chi connectivity index (χ4n) is 4.19. The zero-order valence-corrected chi connectivity index (χ0v) is 18.5. The molecule has 0 fully saturated rings. The number of aryl methyl sites for hydroxylation is 1. The number of carbonyl (C=O) groups excluding carboxylic acids is 1. The van der Waals surface area contributed by atoms with Crippen molar-refractivity contribution in [2.45, 2.75) is 32.2 Å². The number of nitrogens with zero attached hydrogens (tertiary/aromatic N) is 1. The number of carbonyl (C=O) groups is 1. The van der Waals surface area contributed by atoms with Crippen molar-refractivity contribution in [3.8, 4) is 0 Å². The van der Waals surface area contributed by atoms with Gasteiger partial charge >= 0.3 is 0 Å². The minimum Gasteiger partial charge on any atom is -0.356 e. The molecule has 1 aromatic heterocycles. The van der Waals surface area contributed by atoms with Crippen LogP contribution in [-0.4, -0.2) is 17.0 Å². The van der Waals surface area contributed by atoms with Crippen molar-refractivity contribution >= 4 is 28.4 Å². The van der Waals surface area contributed by atoms with Crippen LogP contribution in [0.3, 0.4) is 0 Å². The first-order chi connectivity index (χ1) is 15.2. The van der Waals surface area contributed by atoms with Crippen molar-refractivity contribution < 1.29 is 4.79 Å². The third-order valence-electron chi connectivity index (χ3n) is 5.75. The standard InChI is InChI=1S/C27H27ClN2O/c1-2-30-19-25(23-13-6-7-14-26(23)30)24(21-11-8-12-22(28)17-21)18-27(31)29-16-15-20-9-4-3-5-10-20/h3-14,17,19,24H,2,15-16,18H2,1H3,(H,29,31)/t24-/m1/s1. The first kappa shape index (κ1) is 21.2. The van der Waals surface area contributed by atoms with Crippen molar-refractivity contribution in [2.24, 2.45) is 0 Å². The summed E-state index contributed by atoms with van der Waals surface area (Å²) in [5.41, 5.74) is 4.64. The normalized spacial score (nSPS) is 12.1.